The fourth-order valence-corrected chi connectivity index (χ4v) is 2.81. The van der Waals surface area contributed by atoms with E-state index in [4.69, 9.17) is 4.74 Å². The minimum absolute atomic E-state index is 0.182. The molecule has 4 nitrogen and oxygen atoms in total. The van der Waals surface area contributed by atoms with Gasteiger partial charge in [0.25, 0.3) is 0 Å². The van der Waals surface area contributed by atoms with Crippen LogP contribution in [0, 0.1) is 5.92 Å². The van der Waals surface area contributed by atoms with E-state index in [2.05, 4.69) is 4.98 Å². The highest BCUT2D eigenvalue weighted by Gasteiger charge is 2.31. The highest BCUT2D eigenvalue weighted by Crippen LogP contribution is 2.28. The molecule has 0 aliphatic carbocycles. The highest BCUT2D eigenvalue weighted by atomic mass is 16.5. The van der Waals surface area contributed by atoms with Gasteiger partial charge in [-0.1, -0.05) is 18.2 Å². The Hall–Kier alpha value is -2.36. The number of amides is 1. The lowest BCUT2D eigenvalue weighted by atomic mass is 10.0. The van der Waals surface area contributed by atoms with Crippen molar-refractivity contribution in [1.29, 1.82) is 0 Å². The van der Waals surface area contributed by atoms with E-state index in [0.717, 1.165) is 30.1 Å². The zero-order valence-corrected chi connectivity index (χ0v) is 12.0. The van der Waals surface area contributed by atoms with Gasteiger partial charge in [0.15, 0.2) is 0 Å². The number of pyridine rings is 1. The average Bonchev–Trinajstić information content (AvgIpc) is 2.89. The summed E-state index contributed by atoms with van der Waals surface area (Å²) >= 11 is 0. The van der Waals surface area contributed by atoms with E-state index in [1.54, 1.807) is 13.3 Å². The molecular weight excluding hydrogens is 264 g/mol. The summed E-state index contributed by atoms with van der Waals surface area (Å²) in [6.07, 6.45) is 3.09. The van der Waals surface area contributed by atoms with E-state index >= 15 is 0 Å². The van der Waals surface area contributed by atoms with Gasteiger partial charge in [-0.2, -0.15) is 0 Å². The Morgan fingerprint density at radius 1 is 1.24 bits per heavy atom. The van der Waals surface area contributed by atoms with Crippen LogP contribution in [0.1, 0.15) is 12.1 Å². The lowest BCUT2D eigenvalue weighted by Gasteiger charge is -2.16. The molecule has 4 heteroatoms. The molecule has 0 bridgehead atoms. The largest absolute Gasteiger partial charge is 0.495 e. The Balaban J connectivity index is 1.73. The SMILES string of the molecule is COc1cccnc1C[C@H]1CC(=O)N(c2ccccc2)C1. The fourth-order valence-electron chi connectivity index (χ4n) is 2.81. The van der Waals surface area contributed by atoms with Crippen LogP contribution in [0.5, 0.6) is 5.75 Å². The molecule has 0 saturated carbocycles. The molecule has 3 rings (SSSR count). The number of aromatic nitrogens is 1. The normalized spacial score (nSPS) is 18.0. The Morgan fingerprint density at radius 2 is 2.05 bits per heavy atom. The number of hydrogen-bond donors (Lipinski definition) is 0. The van der Waals surface area contributed by atoms with Gasteiger partial charge in [0, 0.05) is 24.8 Å². The third-order valence-corrected chi connectivity index (χ3v) is 3.82. The van der Waals surface area contributed by atoms with E-state index in [9.17, 15) is 4.79 Å². The highest BCUT2D eigenvalue weighted by molar-refractivity contribution is 5.95. The van der Waals surface area contributed by atoms with Crippen LogP contribution in [0.25, 0.3) is 0 Å². The first-order chi connectivity index (χ1) is 10.3. The second-order valence-electron chi connectivity index (χ2n) is 5.27. The predicted molar refractivity (Wildman–Crippen MR) is 81.4 cm³/mol. The molecule has 21 heavy (non-hydrogen) atoms. The van der Waals surface area contributed by atoms with Gasteiger partial charge in [-0.05, 0) is 36.6 Å². The topological polar surface area (TPSA) is 42.4 Å². The maximum Gasteiger partial charge on any atom is 0.227 e. The number of methoxy groups -OCH3 is 1. The molecule has 1 saturated heterocycles. The summed E-state index contributed by atoms with van der Waals surface area (Å²) in [7, 11) is 1.65. The molecule has 0 unspecified atom stereocenters. The number of para-hydroxylation sites is 1. The number of benzene rings is 1. The lowest BCUT2D eigenvalue weighted by Crippen LogP contribution is -2.24. The average molecular weight is 282 g/mol. The van der Waals surface area contributed by atoms with E-state index < -0.39 is 0 Å². The van der Waals surface area contributed by atoms with E-state index in [0.29, 0.717) is 6.42 Å². The fraction of sp³-hybridized carbons (Fsp3) is 0.294. The third kappa shape index (κ3) is 2.89. The number of ether oxygens (including phenoxy) is 1. The van der Waals surface area contributed by atoms with Crippen LogP contribution in [0.15, 0.2) is 48.7 Å². The van der Waals surface area contributed by atoms with Crippen molar-refractivity contribution in [3.8, 4) is 5.75 Å². The van der Waals surface area contributed by atoms with Crippen LogP contribution in [0.2, 0.25) is 0 Å². The number of rotatable bonds is 4. The Kier molecular flexibility index (Phi) is 3.86. The summed E-state index contributed by atoms with van der Waals surface area (Å²) in [4.78, 5) is 18.4. The Bertz CT molecular complexity index is 628. The standard InChI is InChI=1S/C17H18N2O2/c1-21-16-8-5-9-18-15(16)10-13-11-17(20)19(12-13)14-6-3-2-4-7-14/h2-9,13H,10-12H2,1H3/t13-/m0/s1. The van der Waals surface area contributed by atoms with E-state index in [-0.39, 0.29) is 11.8 Å². The molecule has 1 aliphatic heterocycles. The first-order valence-corrected chi connectivity index (χ1v) is 7.11. The molecule has 1 aliphatic rings. The van der Waals surface area contributed by atoms with Gasteiger partial charge in [0.2, 0.25) is 5.91 Å². The molecular formula is C17H18N2O2. The van der Waals surface area contributed by atoms with Gasteiger partial charge in [-0.15, -0.1) is 0 Å². The molecule has 1 aromatic carbocycles. The van der Waals surface area contributed by atoms with Crippen molar-refractivity contribution in [2.24, 2.45) is 5.92 Å². The van der Waals surface area contributed by atoms with Crippen LogP contribution in [0.3, 0.4) is 0 Å². The second-order valence-corrected chi connectivity index (χ2v) is 5.27. The Labute approximate surface area is 124 Å². The van der Waals surface area contributed by atoms with Crippen LogP contribution in [-0.4, -0.2) is 24.5 Å². The number of carbonyl (C=O) groups is 1. The van der Waals surface area contributed by atoms with Gasteiger partial charge in [-0.3, -0.25) is 9.78 Å². The van der Waals surface area contributed by atoms with Crippen molar-refractivity contribution in [2.75, 3.05) is 18.6 Å². The van der Waals surface area contributed by atoms with Gasteiger partial charge in [0.05, 0.1) is 12.8 Å². The molecule has 1 fully saturated rings. The molecule has 0 N–H and O–H groups in total. The van der Waals surface area contributed by atoms with Crippen LogP contribution in [0.4, 0.5) is 5.69 Å². The molecule has 2 aromatic rings. The predicted octanol–water partition coefficient (Wildman–Crippen LogP) is 2.69. The van der Waals surface area contributed by atoms with Crippen molar-refractivity contribution in [1.82, 2.24) is 4.98 Å². The van der Waals surface area contributed by atoms with E-state index in [1.807, 2.05) is 47.4 Å². The van der Waals surface area contributed by atoms with E-state index in [1.165, 1.54) is 0 Å². The monoisotopic (exact) mass is 282 g/mol. The molecule has 1 amide bonds. The summed E-state index contributed by atoms with van der Waals surface area (Å²) in [5, 5.41) is 0. The first kappa shape index (κ1) is 13.6. The molecule has 0 spiro atoms. The lowest BCUT2D eigenvalue weighted by molar-refractivity contribution is -0.117. The zero-order valence-electron chi connectivity index (χ0n) is 12.0. The molecule has 1 atom stereocenters. The van der Waals surface area contributed by atoms with Gasteiger partial charge in [-0.25, -0.2) is 0 Å². The molecule has 0 radical (unpaired) electrons. The van der Waals surface area contributed by atoms with Crippen LogP contribution < -0.4 is 9.64 Å². The maximum atomic E-state index is 12.2. The number of anilines is 1. The minimum atomic E-state index is 0.182. The van der Waals surface area contributed by atoms with Crippen molar-refractivity contribution >= 4 is 11.6 Å². The zero-order chi connectivity index (χ0) is 14.7. The number of carbonyl (C=O) groups excluding carboxylic acids is 1. The maximum absolute atomic E-state index is 12.2. The second kappa shape index (κ2) is 5.95. The van der Waals surface area contributed by atoms with Crippen molar-refractivity contribution in [3.63, 3.8) is 0 Å². The number of hydrogen-bond acceptors (Lipinski definition) is 3. The van der Waals surface area contributed by atoms with Gasteiger partial charge < -0.3 is 9.64 Å². The van der Waals surface area contributed by atoms with Crippen molar-refractivity contribution < 1.29 is 9.53 Å². The molecule has 2 heterocycles. The first-order valence-electron chi connectivity index (χ1n) is 7.11. The summed E-state index contributed by atoms with van der Waals surface area (Å²) in [6, 6.07) is 13.6. The summed E-state index contributed by atoms with van der Waals surface area (Å²) in [5.41, 5.74) is 1.89. The third-order valence-electron chi connectivity index (χ3n) is 3.82. The smallest absolute Gasteiger partial charge is 0.227 e. The summed E-state index contributed by atoms with van der Waals surface area (Å²) in [5.74, 6) is 1.26. The summed E-state index contributed by atoms with van der Waals surface area (Å²) < 4.78 is 5.33. The van der Waals surface area contributed by atoms with Crippen molar-refractivity contribution in [2.45, 2.75) is 12.8 Å². The van der Waals surface area contributed by atoms with Crippen molar-refractivity contribution in [3.05, 3.63) is 54.4 Å². The van der Waals surface area contributed by atoms with Crippen LogP contribution >= 0.6 is 0 Å². The quantitative estimate of drug-likeness (QED) is 0.866. The Morgan fingerprint density at radius 3 is 2.81 bits per heavy atom. The molecule has 108 valence electrons. The summed E-state index contributed by atoms with van der Waals surface area (Å²) in [6.45, 7) is 0.739. The van der Waals surface area contributed by atoms with Crippen LogP contribution in [-0.2, 0) is 11.2 Å². The number of nitrogens with zero attached hydrogens (tertiary/aromatic N) is 2. The van der Waals surface area contributed by atoms with Gasteiger partial charge in [0.1, 0.15) is 5.75 Å². The van der Waals surface area contributed by atoms with Gasteiger partial charge >= 0.3 is 0 Å². The minimum Gasteiger partial charge on any atom is -0.495 e. The molecule has 1 aromatic heterocycles.